The topological polar surface area (TPSA) is 40.9 Å². The molecule has 0 amide bonds. The van der Waals surface area contributed by atoms with Crippen LogP contribution in [0.4, 0.5) is 0 Å². The molecule has 0 saturated heterocycles. The molecule has 1 aromatic carbocycles. The van der Waals surface area contributed by atoms with E-state index < -0.39 is 0 Å². The molecule has 66 valence electrons. The molecule has 1 aromatic rings. The summed E-state index contributed by atoms with van der Waals surface area (Å²) in [5, 5.41) is 9.23. The molecule has 0 aliphatic carbocycles. The van der Waals surface area contributed by atoms with Crippen LogP contribution in [-0.4, -0.2) is 6.29 Å². The van der Waals surface area contributed by atoms with Gasteiger partial charge in [0.2, 0.25) is 0 Å². The number of nitriles is 1. The van der Waals surface area contributed by atoms with Crippen LogP contribution < -0.4 is 0 Å². The van der Waals surface area contributed by atoms with Crippen molar-refractivity contribution in [1.29, 1.82) is 5.26 Å². The summed E-state index contributed by atoms with van der Waals surface area (Å²) in [4.78, 5) is 10.1. The number of benzene rings is 1. The molecular formula is C10H8ClNO. The number of aryl methyl sites for hydroxylation is 1. The molecule has 0 aliphatic rings. The molecule has 1 rings (SSSR count). The first kappa shape index (κ1) is 9.76. The Labute approximate surface area is 81.7 Å². The fourth-order valence-electron chi connectivity index (χ4n) is 1.05. The molecule has 0 unspecified atom stereocenters. The van der Waals surface area contributed by atoms with Crippen molar-refractivity contribution in [2.45, 2.75) is 12.8 Å². The highest BCUT2D eigenvalue weighted by Gasteiger charge is 2.00. The van der Waals surface area contributed by atoms with Gasteiger partial charge >= 0.3 is 0 Å². The van der Waals surface area contributed by atoms with Gasteiger partial charge in [0.15, 0.2) is 0 Å². The second-order valence-corrected chi connectivity index (χ2v) is 3.03. The van der Waals surface area contributed by atoms with Gasteiger partial charge in [0.05, 0.1) is 11.6 Å². The fourth-order valence-corrected chi connectivity index (χ4v) is 1.26. The Balaban J connectivity index is 2.91. The summed E-state index contributed by atoms with van der Waals surface area (Å²) >= 11 is 5.86. The summed E-state index contributed by atoms with van der Waals surface area (Å²) in [6.07, 6.45) is 1.88. The summed E-state index contributed by atoms with van der Waals surface area (Å²) in [6, 6.07) is 7.08. The van der Waals surface area contributed by atoms with Crippen LogP contribution in [0.2, 0.25) is 5.02 Å². The number of rotatable bonds is 3. The van der Waals surface area contributed by atoms with Crippen molar-refractivity contribution < 1.29 is 4.79 Å². The maximum absolute atomic E-state index is 10.1. The molecule has 0 radical (unpaired) electrons. The lowest BCUT2D eigenvalue weighted by Gasteiger charge is -2.01. The zero-order valence-corrected chi connectivity index (χ0v) is 7.71. The van der Waals surface area contributed by atoms with E-state index in [1.54, 1.807) is 18.2 Å². The number of aldehydes is 1. The Bertz CT molecular complexity index is 354. The van der Waals surface area contributed by atoms with Crippen LogP contribution >= 0.6 is 11.6 Å². The molecular weight excluding hydrogens is 186 g/mol. The van der Waals surface area contributed by atoms with Crippen LogP contribution in [0.3, 0.4) is 0 Å². The molecule has 3 heteroatoms. The Kier molecular flexibility index (Phi) is 3.48. The van der Waals surface area contributed by atoms with E-state index in [1.807, 2.05) is 6.07 Å². The van der Waals surface area contributed by atoms with Gasteiger partial charge in [-0.25, -0.2) is 0 Å². The second-order valence-electron chi connectivity index (χ2n) is 2.62. The normalized spacial score (nSPS) is 9.23. The Morgan fingerprint density at radius 1 is 1.54 bits per heavy atom. The van der Waals surface area contributed by atoms with E-state index in [4.69, 9.17) is 16.9 Å². The summed E-state index contributed by atoms with van der Waals surface area (Å²) in [6.45, 7) is 0. The SMILES string of the molecule is N#Cc1ccc(Cl)c(CCC=O)c1. The molecule has 0 fully saturated rings. The molecule has 0 heterocycles. The summed E-state index contributed by atoms with van der Waals surface area (Å²) in [5.41, 5.74) is 1.43. The van der Waals surface area contributed by atoms with Crippen LogP contribution in [0.25, 0.3) is 0 Å². The van der Waals surface area contributed by atoms with E-state index >= 15 is 0 Å². The standard InChI is InChI=1S/C10H8ClNO/c11-10-4-3-8(7-12)6-9(10)2-1-5-13/h3-6H,1-2H2. The predicted molar refractivity (Wildman–Crippen MR) is 50.6 cm³/mol. The number of hydrogen-bond donors (Lipinski definition) is 0. The van der Waals surface area contributed by atoms with Crippen LogP contribution in [0, 0.1) is 11.3 Å². The molecule has 0 spiro atoms. The van der Waals surface area contributed by atoms with Crippen molar-refractivity contribution in [3.05, 3.63) is 34.3 Å². The zero-order chi connectivity index (χ0) is 9.68. The van der Waals surface area contributed by atoms with E-state index in [1.165, 1.54) is 0 Å². The van der Waals surface area contributed by atoms with E-state index in [9.17, 15) is 4.79 Å². The van der Waals surface area contributed by atoms with Crippen molar-refractivity contribution in [3.63, 3.8) is 0 Å². The second kappa shape index (κ2) is 4.64. The van der Waals surface area contributed by atoms with Crippen molar-refractivity contribution >= 4 is 17.9 Å². The lowest BCUT2D eigenvalue weighted by molar-refractivity contribution is -0.107. The average Bonchev–Trinajstić information content (AvgIpc) is 2.17. The van der Waals surface area contributed by atoms with E-state index in [0.717, 1.165) is 11.8 Å². The fraction of sp³-hybridized carbons (Fsp3) is 0.200. The van der Waals surface area contributed by atoms with Gasteiger partial charge in [-0.2, -0.15) is 5.26 Å². The third-order valence-corrected chi connectivity index (χ3v) is 2.08. The van der Waals surface area contributed by atoms with Crippen LogP contribution in [0.5, 0.6) is 0 Å². The minimum atomic E-state index is 0.439. The zero-order valence-electron chi connectivity index (χ0n) is 6.96. The van der Waals surface area contributed by atoms with Gasteiger partial charge in [0.1, 0.15) is 6.29 Å². The lowest BCUT2D eigenvalue weighted by atomic mass is 10.1. The number of halogens is 1. The van der Waals surface area contributed by atoms with E-state index in [-0.39, 0.29) is 0 Å². The molecule has 0 bridgehead atoms. The number of carbonyl (C=O) groups is 1. The van der Waals surface area contributed by atoms with Crippen LogP contribution in [0.1, 0.15) is 17.5 Å². The molecule has 0 aliphatic heterocycles. The third kappa shape index (κ3) is 2.57. The third-order valence-electron chi connectivity index (χ3n) is 1.71. The summed E-state index contributed by atoms with van der Waals surface area (Å²) in [5.74, 6) is 0. The summed E-state index contributed by atoms with van der Waals surface area (Å²) < 4.78 is 0. The number of carbonyl (C=O) groups excluding carboxylic acids is 1. The van der Waals surface area contributed by atoms with Crippen molar-refractivity contribution in [3.8, 4) is 6.07 Å². The van der Waals surface area contributed by atoms with E-state index in [0.29, 0.717) is 23.4 Å². The number of hydrogen-bond acceptors (Lipinski definition) is 2. The van der Waals surface area contributed by atoms with Crippen molar-refractivity contribution in [2.75, 3.05) is 0 Å². The van der Waals surface area contributed by atoms with Crippen LogP contribution in [0.15, 0.2) is 18.2 Å². The quantitative estimate of drug-likeness (QED) is 0.692. The lowest BCUT2D eigenvalue weighted by Crippen LogP contribution is -1.88. The molecule has 0 N–H and O–H groups in total. The first-order valence-electron chi connectivity index (χ1n) is 3.90. The maximum atomic E-state index is 10.1. The van der Waals surface area contributed by atoms with E-state index in [2.05, 4.69) is 0 Å². The summed E-state index contributed by atoms with van der Waals surface area (Å²) in [7, 11) is 0. The predicted octanol–water partition coefficient (Wildman–Crippen LogP) is 2.34. The number of nitrogens with zero attached hydrogens (tertiary/aromatic N) is 1. The van der Waals surface area contributed by atoms with Gasteiger partial charge in [-0.1, -0.05) is 11.6 Å². The molecule has 0 aromatic heterocycles. The van der Waals surface area contributed by atoms with Gasteiger partial charge in [0, 0.05) is 11.4 Å². The van der Waals surface area contributed by atoms with Gasteiger partial charge in [-0.05, 0) is 30.2 Å². The monoisotopic (exact) mass is 193 g/mol. The van der Waals surface area contributed by atoms with Gasteiger partial charge in [-0.15, -0.1) is 0 Å². The Hall–Kier alpha value is -1.33. The largest absolute Gasteiger partial charge is 0.303 e. The highest BCUT2D eigenvalue weighted by atomic mass is 35.5. The Morgan fingerprint density at radius 2 is 2.31 bits per heavy atom. The average molecular weight is 194 g/mol. The smallest absolute Gasteiger partial charge is 0.120 e. The minimum absolute atomic E-state index is 0.439. The van der Waals surface area contributed by atoms with Gasteiger partial charge in [0.25, 0.3) is 0 Å². The maximum Gasteiger partial charge on any atom is 0.120 e. The van der Waals surface area contributed by atoms with Crippen molar-refractivity contribution in [2.24, 2.45) is 0 Å². The van der Waals surface area contributed by atoms with Crippen LogP contribution in [-0.2, 0) is 11.2 Å². The van der Waals surface area contributed by atoms with Gasteiger partial charge in [-0.3, -0.25) is 0 Å². The minimum Gasteiger partial charge on any atom is -0.303 e. The highest BCUT2D eigenvalue weighted by Crippen LogP contribution is 2.18. The Morgan fingerprint density at radius 3 is 2.92 bits per heavy atom. The molecule has 0 saturated carbocycles. The molecule has 13 heavy (non-hydrogen) atoms. The first-order chi connectivity index (χ1) is 6.27. The molecule has 0 atom stereocenters. The molecule has 2 nitrogen and oxygen atoms in total. The van der Waals surface area contributed by atoms with Crippen molar-refractivity contribution in [1.82, 2.24) is 0 Å². The van der Waals surface area contributed by atoms with Gasteiger partial charge < -0.3 is 4.79 Å². The highest BCUT2D eigenvalue weighted by molar-refractivity contribution is 6.31. The first-order valence-corrected chi connectivity index (χ1v) is 4.28.